The van der Waals surface area contributed by atoms with Crippen molar-refractivity contribution in [3.05, 3.63) is 10.6 Å². The van der Waals surface area contributed by atoms with Gasteiger partial charge in [0.15, 0.2) is 0 Å². The van der Waals surface area contributed by atoms with Crippen molar-refractivity contribution in [3.63, 3.8) is 0 Å². The summed E-state index contributed by atoms with van der Waals surface area (Å²) in [5.41, 5.74) is 5.34. The predicted octanol–water partition coefficient (Wildman–Crippen LogP) is 2.69. The molecule has 1 aromatic heterocycles. The molecule has 0 atom stereocenters. The van der Waals surface area contributed by atoms with Crippen LogP contribution in [0.3, 0.4) is 0 Å². The number of thiazole rings is 1. The Balaban J connectivity index is 1.37. The van der Waals surface area contributed by atoms with Gasteiger partial charge in [-0.25, -0.2) is 9.78 Å². The fourth-order valence-corrected chi connectivity index (χ4v) is 5.83. The van der Waals surface area contributed by atoms with E-state index < -0.39 is 11.7 Å². The quantitative estimate of drug-likeness (QED) is 0.741. The smallest absolute Gasteiger partial charge is 0.381 e. The average molecular weight is 451 g/mol. The van der Waals surface area contributed by atoms with Crippen molar-refractivity contribution in [2.24, 2.45) is 5.73 Å². The minimum Gasteiger partial charge on any atom is -0.381 e. The molecule has 1 aliphatic carbocycles. The van der Waals surface area contributed by atoms with E-state index in [0.29, 0.717) is 11.7 Å². The second kappa shape index (κ2) is 8.01. The van der Waals surface area contributed by atoms with Crippen LogP contribution in [0, 0.1) is 0 Å². The van der Waals surface area contributed by atoms with Crippen molar-refractivity contribution in [1.82, 2.24) is 14.8 Å². The Morgan fingerprint density at radius 2 is 1.94 bits per heavy atom. The number of hydrogen-bond donors (Lipinski definition) is 1. The number of piperidine rings is 1. The number of likely N-dealkylation sites (tertiary alicyclic amines) is 1. The van der Waals surface area contributed by atoms with Crippen LogP contribution >= 0.6 is 11.3 Å². The number of rotatable bonds is 5. The molecule has 2 N–H and O–H groups in total. The summed E-state index contributed by atoms with van der Waals surface area (Å²) in [6.07, 6.45) is 3.58. The SMILES string of the molecule is CCN1CC2(CCN(CCc3nc(OC(N)=O)sc3C(C)(C)C)CC2)OC2(CC2)C1=O. The number of nitrogens with zero attached hydrogens (tertiary/aromatic N) is 3. The first kappa shape index (κ1) is 22.5. The standard InChI is InChI=1S/C22H34N4O4S/c1-5-26-14-21(30-22(7-8-22)17(26)27)9-12-25(13-10-21)11-6-15-16(20(2,3)4)31-19(24-15)29-18(23)28/h5-14H2,1-4H3,(H2,23,28). The summed E-state index contributed by atoms with van der Waals surface area (Å²) in [6, 6.07) is 0. The number of carbonyl (C=O) groups excluding carboxylic acids is 2. The molecule has 1 aromatic rings. The van der Waals surface area contributed by atoms with Crippen LogP contribution in [0.1, 0.15) is 63.9 Å². The molecule has 3 fully saturated rings. The summed E-state index contributed by atoms with van der Waals surface area (Å²) in [5.74, 6) is 0.190. The van der Waals surface area contributed by atoms with Gasteiger partial charge in [-0.1, -0.05) is 32.1 Å². The maximum Gasteiger partial charge on any atom is 0.411 e. The Labute approximate surface area is 188 Å². The molecule has 1 saturated carbocycles. The topological polar surface area (TPSA) is 98.0 Å². The molecular formula is C22H34N4O4S. The molecule has 0 unspecified atom stereocenters. The molecule has 2 amide bonds. The van der Waals surface area contributed by atoms with Crippen LogP contribution in [-0.2, 0) is 21.4 Å². The monoisotopic (exact) mass is 450 g/mol. The first-order valence-electron chi connectivity index (χ1n) is 11.3. The lowest BCUT2D eigenvalue weighted by Gasteiger charge is -2.50. The number of carbonyl (C=O) groups is 2. The first-order valence-corrected chi connectivity index (χ1v) is 12.1. The van der Waals surface area contributed by atoms with Gasteiger partial charge in [0.1, 0.15) is 5.60 Å². The van der Waals surface area contributed by atoms with Gasteiger partial charge in [0, 0.05) is 44.0 Å². The largest absolute Gasteiger partial charge is 0.411 e. The molecule has 3 aliphatic rings. The first-order chi connectivity index (χ1) is 14.6. The van der Waals surface area contributed by atoms with Crippen molar-refractivity contribution < 1.29 is 19.1 Å². The Morgan fingerprint density at radius 1 is 1.26 bits per heavy atom. The van der Waals surface area contributed by atoms with E-state index in [1.165, 1.54) is 11.3 Å². The molecule has 2 spiro atoms. The maximum absolute atomic E-state index is 12.6. The number of ether oxygens (including phenoxy) is 2. The molecule has 9 heteroatoms. The molecule has 2 saturated heterocycles. The summed E-state index contributed by atoms with van der Waals surface area (Å²) in [7, 11) is 0. The number of hydrogen-bond acceptors (Lipinski definition) is 7. The summed E-state index contributed by atoms with van der Waals surface area (Å²) in [5, 5.41) is 0.319. The van der Waals surface area contributed by atoms with E-state index in [1.54, 1.807) is 0 Å². The van der Waals surface area contributed by atoms with Gasteiger partial charge < -0.3 is 25.0 Å². The van der Waals surface area contributed by atoms with Gasteiger partial charge in [0.05, 0.1) is 11.3 Å². The van der Waals surface area contributed by atoms with E-state index in [9.17, 15) is 9.59 Å². The van der Waals surface area contributed by atoms with Gasteiger partial charge in [-0.15, -0.1) is 0 Å². The lowest BCUT2D eigenvalue weighted by Crippen LogP contribution is -2.62. The highest BCUT2D eigenvalue weighted by atomic mass is 32.1. The van der Waals surface area contributed by atoms with Gasteiger partial charge in [-0.05, 0) is 38.0 Å². The van der Waals surface area contributed by atoms with Crippen LogP contribution in [0.25, 0.3) is 0 Å². The van der Waals surface area contributed by atoms with Crippen LogP contribution in [0.4, 0.5) is 4.79 Å². The fraction of sp³-hybridized carbons (Fsp3) is 0.773. The molecule has 0 radical (unpaired) electrons. The molecule has 172 valence electrons. The van der Waals surface area contributed by atoms with Gasteiger partial charge in [-0.2, -0.15) is 0 Å². The molecule has 2 aliphatic heterocycles. The molecule has 0 aromatic carbocycles. The molecule has 4 rings (SSSR count). The minimum absolute atomic E-state index is 0.0805. The normalized spacial score (nSPS) is 22.8. The predicted molar refractivity (Wildman–Crippen MR) is 118 cm³/mol. The number of morpholine rings is 1. The van der Waals surface area contributed by atoms with Crippen molar-refractivity contribution >= 4 is 23.3 Å². The summed E-state index contributed by atoms with van der Waals surface area (Å²) in [4.78, 5) is 33.9. The zero-order valence-electron chi connectivity index (χ0n) is 19.0. The van der Waals surface area contributed by atoms with Crippen molar-refractivity contribution in [2.75, 3.05) is 32.7 Å². The van der Waals surface area contributed by atoms with Crippen molar-refractivity contribution in [1.29, 1.82) is 0 Å². The molecule has 8 nitrogen and oxygen atoms in total. The van der Waals surface area contributed by atoms with Crippen LogP contribution in [0.15, 0.2) is 0 Å². The van der Waals surface area contributed by atoms with E-state index in [2.05, 4.69) is 37.6 Å². The van der Waals surface area contributed by atoms with Gasteiger partial charge in [0.25, 0.3) is 11.1 Å². The Morgan fingerprint density at radius 3 is 2.48 bits per heavy atom. The Kier molecular flexibility index (Phi) is 5.81. The lowest BCUT2D eigenvalue weighted by atomic mass is 9.87. The second-order valence-corrected chi connectivity index (χ2v) is 11.1. The number of aromatic nitrogens is 1. The highest BCUT2D eigenvalue weighted by molar-refractivity contribution is 7.13. The highest BCUT2D eigenvalue weighted by Crippen LogP contribution is 2.49. The molecule has 31 heavy (non-hydrogen) atoms. The van der Waals surface area contributed by atoms with E-state index in [4.69, 9.17) is 15.2 Å². The number of primary amides is 1. The van der Waals surface area contributed by atoms with E-state index >= 15 is 0 Å². The van der Waals surface area contributed by atoms with Gasteiger partial charge >= 0.3 is 6.09 Å². The summed E-state index contributed by atoms with van der Waals surface area (Å²) in [6.45, 7) is 12.7. The Hall–Kier alpha value is -1.71. The molecule has 0 bridgehead atoms. The van der Waals surface area contributed by atoms with Crippen LogP contribution < -0.4 is 10.5 Å². The zero-order valence-corrected chi connectivity index (χ0v) is 19.8. The summed E-state index contributed by atoms with van der Waals surface area (Å²) >= 11 is 1.40. The van der Waals surface area contributed by atoms with Crippen LogP contribution in [0.5, 0.6) is 5.19 Å². The summed E-state index contributed by atoms with van der Waals surface area (Å²) < 4.78 is 11.5. The van der Waals surface area contributed by atoms with E-state index in [1.807, 2.05) is 4.90 Å². The Bertz CT molecular complexity index is 850. The third-order valence-electron chi connectivity index (χ3n) is 6.63. The van der Waals surface area contributed by atoms with Crippen molar-refractivity contribution in [3.8, 4) is 5.19 Å². The van der Waals surface area contributed by atoms with E-state index in [0.717, 1.165) is 68.9 Å². The zero-order chi connectivity index (χ0) is 22.4. The minimum atomic E-state index is -0.831. The third-order valence-corrected chi connectivity index (χ3v) is 8.03. The number of likely N-dealkylation sites (N-methyl/N-ethyl adjacent to an activating group) is 1. The number of amides is 2. The number of nitrogens with two attached hydrogens (primary N) is 1. The van der Waals surface area contributed by atoms with Gasteiger partial charge in [-0.3, -0.25) is 4.79 Å². The van der Waals surface area contributed by atoms with Crippen LogP contribution in [-0.4, -0.2) is 70.7 Å². The fourth-order valence-electron chi connectivity index (χ4n) is 4.81. The highest BCUT2D eigenvalue weighted by Gasteiger charge is 2.61. The second-order valence-electron chi connectivity index (χ2n) is 10.1. The maximum atomic E-state index is 12.6. The lowest BCUT2D eigenvalue weighted by molar-refractivity contribution is -0.200. The average Bonchev–Trinajstić information content (AvgIpc) is 3.34. The van der Waals surface area contributed by atoms with Crippen LogP contribution in [0.2, 0.25) is 0 Å². The molecule has 3 heterocycles. The molecular weight excluding hydrogens is 416 g/mol. The van der Waals surface area contributed by atoms with E-state index in [-0.39, 0.29) is 16.9 Å². The third kappa shape index (κ3) is 4.59. The van der Waals surface area contributed by atoms with Crippen molar-refractivity contribution in [2.45, 2.75) is 76.4 Å². The van der Waals surface area contributed by atoms with Gasteiger partial charge in [0.2, 0.25) is 0 Å².